The largest absolute Gasteiger partial charge is 0.453 e. The van der Waals surface area contributed by atoms with Crippen molar-refractivity contribution in [1.29, 1.82) is 0 Å². The molecular formula is C12H15N5O2. The summed E-state index contributed by atoms with van der Waals surface area (Å²) in [5.41, 5.74) is 1.08. The number of methoxy groups -OCH3 is 1. The fourth-order valence-electron chi connectivity index (χ4n) is 1.58. The van der Waals surface area contributed by atoms with Crippen LogP contribution in [0, 0.1) is 0 Å². The third-order valence-corrected chi connectivity index (χ3v) is 2.52. The number of alkyl carbamates (subject to hydrolysis) is 1. The average molecular weight is 261 g/mol. The van der Waals surface area contributed by atoms with Gasteiger partial charge in [-0.15, -0.1) is 0 Å². The number of aryl methyl sites for hydroxylation is 1. The van der Waals surface area contributed by atoms with Crippen molar-refractivity contribution in [3.8, 4) is 5.82 Å². The molecule has 0 spiro atoms. The Morgan fingerprint density at radius 3 is 3.05 bits per heavy atom. The van der Waals surface area contributed by atoms with Crippen LogP contribution >= 0.6 is 0 Å². The lowest BCUT2D eigenvalue weighted by Gasteiger charge is -2.02. The standard InChI is InChI=1S/C12H15N5O2/c1-19-12(18)15-4-2-3-10-7-16-17(9-10)11-8-13-5-6-14-11/h5-9H,2-4H2,1H3,(H,15,18). The van der Waals surface area contributed by atoms with Crippen molar-refractivity contribution in [1.82, 2.24) is 25.1 Å². The van der Waals surface area contributed by atoms with Gasteiger partial charge in [-0.1, -0.05) is 0 Å². The molecule has 0 bridgehead atoms. The van der Waals surface area contributed by atoms with Gasteiger partial charge in [0.05, 0.1) is 19.5 Å². The van der Waals surface area contributed by atoms with Gasteiger partial charge in [-0.2, -0.15) is 5.10 Å². The van der Waals surface area contributed by atoms with Crippen LogP contribution in [0.3, 0.4) is 0 Å². The Bertz CT molecular complexity index is 526. The van der Waals surface area contributed by atoms with Gasteiger partial charge in [-0.25, -0.2) is 14.5 Å². The van der Waals surface area contributed by atoms with Gasteiger partial charge in [0, 0.05) is 25.1 Å². The van der Waals surface area contributed by atoms with Crippen molar-refractivity contribution in [3.63, 3.8) is 0 Å². The molecule has 1 amide bonds. The third kappa shape index (κ3) is 3.77. The summed E-state index contributed by atoms with van der Waals surface area (Å²) in [7, 11) is 1.35. The normalized spacial score (nSPS) is 10.2. The van der Waals surface area contributed by atoms with Crippen LogP contribution in [0.4, 0.5) is 4.79 Å². The van der Waals surface area contributed by atoms with Crippen molar-refractivity contribution in [2.45, 2.75) is 12.8 Å². The number of hydrogen-bond acceptors (Lipinski definition) is 5. The Hall–Kier alpha value is -2.44. The van der Waals surface area contributed by atoms with E-state index in [0.717, 1.165) is 18.4 Å². The first-order valence-electron chi connectivity index (χ1n) is 5.91. The maximum atomic E-state index is 10.8. The lowest BCUT2D eigenvalue weighted by atomic mass is 10.2. The maximum absolute atomic E-state index is 10.8. The molecule has 0 aliphatic rings. The number of aromatic nitrogens is 4. The molecule has 0 aliphatic heterocycles. The van der Waals surface area contributed by atoms with Crippen LogP contribution in [-0.4, -0.2) is 39.5 Å². The van der Waals surface area contributed by atoms with E-state index in [1.807, 2.05) is 6.20 Å². The molecule has 0 unspecified atom stereocenters. The Morgan fingerprint density at radius 1 is 1.42 bits per heavy atom. The fourth-order valence-corrected chi connectivity index (χ4v) is 1.58. The highest BCUT2D eigenvalue weighted by Crippen LogP contribution is 2.05. The molecule has 2 aromatic rings. The molecule has 2 rings (SSSR count). The number of nitrogens with one attached hydrogen (secondary N) is 1. The Balaban J connectivity index is 1.83. The molecule has 100 valence electrons. The first-order valence-corrected chi connectivity index (χ1v) is 5.91. The lowest BCUT2D eigenvalue weighted by Crippen LogP contribution is -2.24. The third-order valence-electron chi connectivity index (χ3n) is 2.52. The number of ether oxygens (including phenoxy) is 1. The molecule has 1 N–H and O–H groups in total. The number of carbonyl (C=O) groups excluding carboxylic acids is 1. The summed E-state index contributed by atoms with van der Waals surface area (Å²) in [6.45, 7) is 0.572. The minimum Gasteiger partial charge on any atom is -0.453 e. The van der Waals surface area contributed by atoms with Crippen molar-refractivity contribution in [3.05, 3.63) is 36.5 Å². The highest BCUT2D eigenvalue weighted by atomic mass is 16.5. The molecule has 0 radical (unpaired) electrons. The van der Waals surface area contributed by atoms with E-state index in [4.69, 9.17) is 0 Å². The van der Waals surface area contributed by atoms with Crippen LogP contribution < -0.4 is 5.32 Å². The summed E-state index contributed by atoms with van der Waals surface area (Å²) in [4.78, 5) is 19.0. The average Bonchev–Trinajstić information content (AvgIpc) is 2.93. The second-order valence-corrected chi connectivity index (χ2v) is 3.88. The number of amides is 1. The van der Waals surface area contributed by atoms with Gasteiger partial charge in [0.1, 0.15) is 0 Å². The predicted octanol–water partition coefficient (Wildman–Crippen LogP) is 0.951. The molecule has 2 heterocycles. The van der Waals surface area contributed by atoms with E-state index in [1.54, 1.807) is 29.5 Å². The van der Waals surface area contributed by atoms with Crippen molar-refractivity contribution < 1.29 is 9.53 Å². The predicted molar refractivity (Wildman–Crippen MR) is 67.9 cm³/mol. The molecule has 7 nitrogen and oxygen atoms in total. The summed E-state index contributed by atoms with van der Waals surface area (Å²) in [5, 5.41) is 6.85. The van der Waals surface area contributed by atoms with E-state index in [-0.39, 0.29) is 0 Å². The first kappa shape index (κ1) is 13.0. The molecule has 2 aromatic heterocycles. The van der Waals surface area contributed by atoms with Crippen molar-refractivity contribution in [2.24, 2.45) is 0 Å². The zero-order valence-corrected chi connectivity index (χ0v) is 10.6. The summed E-state index contributed by atoms with van der Waals surface area (Å²) in [6, 6.07) is 0. The molecule has 0 atom stereocenters. The number of hydrogen-bond donors (Lipinski definition) is 1. The summed E-state index contributed by atoms with van der Waals surface area (Å²) in [5.74, 6) is 0.682. The number of rotatable bonds is 5. The molecule has 19 heavy (non-hydrogen) atoms. The number of nitrogens with zero attached hydrogens (tertiary/aromatic N) is 4. The SMILES string of the molecule is COC(=O)NCCCc1cnn(-c2cnccn2)c1. The first-order chi connectivity index (χ1) is 9.29. The van der Waals surface area contributed by atoms with Crippen molar-refractivity contribution >= 4 is 6.09 Å². The van der Waals surface area contributed by atoms with Crippen LogP contribution in [0.1, 0.15) is 12.0 Å². The quantitative estimate of drug-likeness (QED) is 0.810. The molecule has 0 saturated carbocycles. The van der Waals surface area contributed by atoms with E-state index in [1.165, 1.54) is 7.11 Å². The van der Waals surface area contributed by atoms with Gasteiger partial charge in [-0.05, 0) is 18.4 Å². The van der Waals surface area contributed by atoms with Gasteiger partial charge in [0.25, 0.3) is 0 Å². The van der Waals surface area contributed by atoms with Gasteiger partial charge in [0.15, 0.2) is 5.82 Å². The zero-order chi connectivity index (χ0) is 13.5. The molecule has 0 aromatic carbocycles. The molecular weight excluding hydrogens is 246 g/mol. The smallest absolute Gasteiger partial charge is 0.406 e. The second-order valence-electron chi connectivity index (χ2n) is 3.88. The number of carbonyl (C=O) groups is 1. The molecule has 0 saturated heterocycles. The van der Waals surface area contributed by atoms with Crippen molar-refractivity contribution in [2.75, 3.05) is 13.7 Å². The Morgan fingerprint density at radius 2 is 2.32 bits per heavy atom. The van der Waals surface area contributed by atoms with Gasteiger partial charge >= 0.3 is 6.09 Å². The zero-order valence-electron chi connectivity index (χ0n) is 10.6. The van der Waals surface area contributed by atoms with Crippen LogP contribution in [0.5, 0.6) is 0 Å². The van der Waals surface area contributed by atoms with E-state index >= 15 is 0 Å². The highest BCUT2D eigenvalue weighted by molar-refractivity contribution is 5.66. The van der Waals surface area contributed by atoms with Gasteiger partial charge in [-0.3, -0.25) is 4.98 Å². The monoisotopic (exact) mass is 261 g/mol. The summed E-state index contributed by atoms with van der Waals surface area (Å²) < 4.78 is 6.16. The van der Waals surface area contributed by atoms with E-state index < -0.39 is 6.09 Å². The highest BCUT2D eigenvalue weighted by Gasteiger charge is 2.02. The van der Waals surface area contributed by atoms with E-state index in [0.29, 0.717) is 12.4 Å². The van der Waals surface area contributed by atoms with Crippen LogP contribution in [0.2, 0.25) is 0 Å². The lowest BCUT2D eigenvalue weighted by molar-refractivity contribution is 0.171. The van der Waals surface area contributed by atoms with Crippen LogP contribution in [-0.2, 0) is 11.2 Å². The van der Waals surface area contributed by atoms with Gasteiger partial charge in [0.2, 0.25) is 0 Å². The van der Waals surface area contributed by atoms with E-state index in [9.17, 15) is 4.79 Å². The topological polar surface area (TPSA) is 81.9 Å². The minimum absolute atomic E-state index is 0.407. The van der Waals surface area contributed by atoms with Crippen LogP contribution in [0.25, 0.3) is 5.82 Å². The second kappa shape index (κ2) is 6.48. The van der Waals surface area contributed by atoms with Gasteiger partial charge < -0.3 is 10.1 Å². The van der Waals surface area contributed by atoms with Crippen LogP contribution in [0.15, 0.2) is 31.0 Å². The summed E-state index contributed by atoms with van der Waals surface area (Å²) in [6.07, 6.45) is 9.81. The molecule has 0 aliphatic carbocycles. The Labute approximate surface area is 110 Å². The molecule has 0 fully saturated rings. The molecule has 7 heteroatoms. The fraction of sp³-hybridized carbons (Fsp3) is 0.333. The maximum Gasteiger partial charge on any atom is 0.406 e. The minimum atomic E-state index is -0.407. The summed E-state index contributed by atoms with van der Waals surface area (Å²) >= 11 is 0. The Kier molecular flexibility index (Phi) is 4.44. The van der Waals surface area contributed by atoms with E-state index in [2.05, 4.69) is 25.1 Å².